The lowest BCUT2D eigenvalue weighted by molar-refractivity contribution is -0.124. The van der Waals surface area contributed by atoms with E-state index in [2.05, 4.69) is 4.90 Å². The van der Waals surface area contributed by atoms with Crippen molar-refractivity contribution in [3.05, 3.63) is 34.2 Å². The van der Waals surface area contributed by atoms with Gasteiger partial charge in [0.15, 0.2) is 0 Å². The molecule has 1 saturated heterocycles. The summed E-state index contributed by atoms with van der Waals surface area (Å²) < 4.78 is 1.54. The van der Waals surface area contributed by atoms with Crippen molar-refractivity contribution in [3.63, 3.8) is 0 Å². The third kappa shape index (κ3) is 2.50. The number of carbonyl (C=O) groups is 1. The average Bonchev–Trinajstić information content (AvgIpc) is 3.26. The maximum atomic E-state index is 11.8. The van der Waals surface area contributed by atoms with Gasteiger partial charge in [0.2, 0.25) is 5.91 Å². The minimum absolute atomic E-state index is 0.0321. The molecule has 0 radical (unpaired) electrons. The first kappa shape index (κ1) is 13.4. The van der Waals surface area contributed by atoms with E-state index >= 15 is 0 Å². The average molecular weight is 275 g/mol. The molecule has 2 N–H and O–H groups in total. The number of aromatic nitrogens is 1. The SMILES string of the molecule is Cn1ccc(C2CCN(C3CC3)CC2C(N)=O)cc1=O. The Morgan fingerprint density at radius 2 is 2.10 bits per heavy atom. The van der Waals surface area contributed by atoms with Gasteiger partial charge in [0.25, 0.3) is 5.56 Å². The fourth-order valence-corrected chi connectivity index (χ4v) is 3.23. The second-order valence-electron chi connectivity index (χ2n) is 6.04. The van der Waals surface area contributed by atoms with Crippen molar-refractivity contribution in [2.45, 2.75) is 31.2 Å². The first-order valence-electron chi connectivity index (χ1n) is 7.26. The molecule has 2 unspecified atom stereocenters. The Balaban J connectivity index is 1.85. The van der Waals surface area contributed by atoms with Gasteiger partial charge in [0, 0.05) is 31.9 Å². The number of primary amides is 1. The van der Waals surface area contributed by atoms with Crippen LogP contribution in [0, 0.1) is 5.92 Å². The van der Waals surface area contributed by atoms with Crippen LogP contribution >= 0.6 is 0 Å². The van der Waals surface area contributed by atoms with E-state index in [1.165, 1.54) is 12.8 Å². The molecule has 2 fully saturated rings. The third-order valence-corrected chi connectivity index (χ3v) is 4.63. The Morgan fingerprint density at radius 3 is 2.70 bits per heavy atom. The predicted octanol–water partition coefficient (Wildman–Crippen LogP) is 0.439. The highest BCUT2D eigenvalue weighted by Crippen LogP contribution is 2.37. The molecule has 1 aliphatic carbocycles. The summed E-state index contributed by atoms with van der Waals surface area (Å²) in [5, 5.41) is 0. The lowest BCUT2D eigenvalue weighted by Gasteiger charge is -2.37. The van der Waals surface area contributed by atoms with Gasteiger partial charge in [-0.2, -0.15) is 0 Å². The molecule has 2 aliphatic rings. The molecule has 2 atom stereocenters. The Bertz CT molecular complexity index is 577. The summed E-state index contributed by atoms with van der Waals surface area (Å²) in [6.45, 7) is 1.73. The van der Waals surface area contributed by atoms with E-state index in [0.717, 1.165) is 25.1 Å². The summed E-state index contributed by atoms with van der Waals surface area (Å²) in [6.07, 6.45) is 5.14. The Hall–Kier alpha value is -1.62. The highest BCUT2D eigenvalue weighted by molar-refractivity contribution is 5.78. The fraction of sp³-hybridized carbons (Fsp3) is 0.600. The summed E-state index contributed by atoms with van der Waals surface area (Å²) in [4.78, 5) is 26.0. The number of carbonyl (C=O) groups excluding carboxylic acids is 1. The second kappa shape index (κ2) is 5.05. The van der Waals surface area contributed by atoms with E-state index in [0.29, 0.717) is 6.04 Å². The van der Waals surface area contributed by atoms with Crippen LogP contribution in [0.25, 0.3) is 0 Å². The molecule has 0 aromatic carbocycles. The van der Waals surface area contributed by atoms with Crippen molar-refractivity contribution >= 4 is 5.91 Å². The van der Waals surface area contributed by atoms with Crippen molar-refractivity contribution in [1.82, 2.24) is 9.47 Å². The summed E-state index contributed by atoms with van der Waals surface area (Å²) in [6, 6.07) is 4.24. The number of hydrogen-bond donors (Lipinski definition) is 1. The van der Waals surface area contributed by atoms with Crippen LogP contribution in [0.4, 0.5) is 0 Å². The summed E-state index contributed by atoms with van der Waals surface area (Å²) in [7, 11) is 1.73. The Kier molecular flexibility index (Phi) is 3.38. The number of likely N-dealkylation sites (tertiary alicyclic amines) is 1. The highest BCUT2D eigenvalue weighted by Gasteiger charge is 2.39. The van der Waals surface area contributed by atoms with E-state index in [-0.39, 0.29) is 23.3 Å². The number of hydrogen-bond acceptors (Lipinski definition) is 3. The smallest absolute Gasteiger partial charge is 0.250 e. The summed E-state index contributed by atoms with van der Waals surface area (Å²) in [5.74, 6) is -0.353. The number of piperidine rings is 1. The third-order valence-electron chi connectivity index (χ3n) is 4.63. The molecule has 1 aromatic heterocycles. The standard InChI is InChI=1S/C15H21N3O2/c1-17-6-4-10(8-14(17)19)12-5-7-18(11-2-3-11)9-13(12)15(16)20/h4,6,8,11-13H,2-3,5,7,9H2,1H3,(H2,16,20). The van der Waals surface area contributed by atoms with Crippen LogP contribution in [0.2, 0.25) is 0 Å². The molecular weight excluding hydrogens is 254 g/mol. The van der Waals surface area contributed by atoms with Crippen LogP contribution in [0.15, 0.2) is 23.1 Å². The number of amides is 1. The van der Waals surface area contributed by atoms with Crippen molar-refractivity contribution in [2.24, 2.45) is 18.7 Å². The number of pyridine rings is 1. The van der Waals surface area contributed by atoms with Crippen LogP contribution < -0.4 is 11.3 Å². The number of rotatable bonds is 3. The predicted molar refractivity (Wildman–Crippen MR) is 76.3 cm³/mol. The van der Waals surface area contributed by atoms with E-state index in [1.807, 2.05) is 6.07 Å². The molecule has 1 aliphatic heterocycles. The van der Waals surface area contributed by atoms with Gasteiger partial charge in [-0.15, -0.1) is 0 Å². The van der Waals surface area contributed by atoms with Crippen molar-refractivity contribution < 1.29 is 4.79 Å². The first-order valence-corrected chi connectivity index (χ1v) is 7.26. The topological polar surface area (TPSA) is 68.3 Å². The Morgan fingerprint density at radius 1 is 1.35 bits per heavy atom. The van der Waals surface area contributed by atoms with Gasteiger partial charge in [-0.05, 0) is 43.4 Å². The maximum Gasteiger partial charge on any atom is 0.250 e. The van der Waals surface area contributed by atoms with Gasteiger partial charge in [-0.25, -0.2) is 0 Å². The molecule has 5 nitrogen and oxygen atoms in total. The largest absolute Gasteiger partial charge is 0.369 e. The zero-order valence-corrected chi connectivity index (χ0v) is 11.8. The molecule has 5 heteroatoms. The van der Waals surface area contributed by atoms with Crippen LogP contribution in [-0.4, -0.2) is 34.5 Å². The molecular formula is C15H21N3O2. The Labute approximate surface area is 118 Å². The molecule has 2 heterocycles. The molecule has 1 aromatic rings. The lowest BCUT2D eigenvalue weighted by Crippen LogP contribution is -2.46. The molecule has 1 saturated carbocycles. The number of aryl methyl sites for hydroxylation is 1. The van der Waals surface area contributed by atoms with Crippen LogP contribution in [0.3, 0.4) is 0 Å². The zero-order chi connectivity index (χ0) is 14.3. The number of nitrogens with zero attached hydrogens (tertiary/aromatic N) is 2. The molecule has 0 spiro atoms. The number of nitrogens with two attached hydrogens (primary N) is 1. The first-order chi connectivity index (χ1) is 9.56. The maximum absolute atomic E-state index is 11.8. The zero-order valence-electron chi connectivity index (χ0n) is 11.8. The van der Waals surface area contributed by atoms with Gasteiger partial charge >= 0.3 is 0 Å². The summed E-state index contributed by atoms with van der Waals surface area (Å²) in [5.41, 5.74) is 6.52. The molecule has 0 bridgehead atoms. The van der Waals surface area contributed by atoms with Crippen molar-refractivity contribution in [1.29, 1.82) is 0 Å². The van der Waals surface area contributed by atoms with Crippen molar-refractivity contribution in [2.75, 3.05) is 13.1 Å². The van der Waals surface area contributed by atoms with Gasteiger partial charge < -0.3 is 10.3 Å². The van der Waals surface area contributed by atoms with Gasteiger partial charge in [0.05, 0.1) is 5.92 Å². The molecule has 108 valence electrons. The van der Waals surface area contributed by atoms with E-state index in [4.69, 9.17) is 5.73 Å². The summed E-state index contributed by atoms with van der Waals surface area (Å²) >= 11 is 0. The molecule has 1 amide bonds. The minimum atomic E-state index is -0.249. The van der Waals surface area contributed by atoms with Crippen LogP contribution in [-0.2, 0) is 11.8 Å². The molecule has 20 heavy (non-hydrogen) atoms. The monoisotopic (exact) mass is 275 g/mol. The normalized spacial score (nSPS) is 27.4. The van der Waals surface area contributed by atoms with E-state index < -0.39 is 0 Å². The van der Waals surface area contributed by atoms with E-state index in [9.17, 15) is 9.59 Å². The van der Waals surface area contributed by atoms with Crippen molar-refractivity contribution in [3.8, 4) is 0 Å². The van der Waals surface area contributed by atoms with Crippen LogP contribution in [0.5, 0.6) is 0 Å². The minimum Gasteiger partial charge on any atom is -0.369 e. The highest BCUT2D eigenvalue weighted by atomic mass is 16.1. The van der Waals surface area contributed by atoms with E-state index in [1.54, 1.807) is 23.9 Å². The quantitative estimate of drug-likeness (QED) is 0.870. The molecule has 3 rings (SSSR count). The second-order valence-corrected chi connectivity index (χ2v) is 6.04. The van der Waals surface area contributed by atoms with Gasteiger partial charge in [0.1, 0.15) is 0 Å². The van der Waals surface area contributed by atoms with Gasteiger partial charge in [-0.3, -0.25) is 14.5 Å². The van der Waals surface area contributed by atoms with Gasteiger partial charge in [-0.1, -0.05) is 0 Å². The fourth-order valence-electron chi connectivity index (χ4n) is 3.23. The van der Waals surface area contributed by atoms with Crippen LogP contribution in [0.1, 0.15) is 30.7 Å². The lowest BCUT2D eigenvalue weighted by atomic mass is 9.80.